The second-order valence-corrected chi connectivity index (χ2v) is 5.21. The van der Waals surface area contributed by atoms with Crippen molar-refractivity contribution in [3.05, 3.63) is 36.0 Å². The van der Waals surface area contributed by atoms with Gasteiger partial charge in [-0.05, 0) is 19.1 Å². The molecule has 1 aromatic carbocycles. The number of para-hydroxylation sites is 1. The molecule has 1 fully saturated rings. The number of hydrogen-bond donors (Lipinski definition) is 2. The van der Waals surface area contributed by atoms with Crippen LogP contribution in [0, 0.1) is 6.92 Å². The molecule has 0 atom stereocenters. The average Bonchev–Trinajstić information content (AvgIpc) is 2.48. The van der Waals surface area contributed by atoms with Gasteiger partial charge in [0, 0.05) is 31.9 Å². The standard InChI is InChI=1S/C15H20N6/c1-11-13(14(16)19-15(17)18-11)21-9-7-20(8-10-21)12-5-3-2-4-6-12/h2-6H,7-10H2,1H3,(H4,16,17,18,19). The first-order valence-electron chi connectivity index (χ1n) is 7.09. The van der Waals surface area contributed by atoms with E-state index in [0.29, 0.717) is 5.82 Å². The van der Waals surface area contributed by atoms with Gasteiger partial charge in [-0.25, -0.2) is 4.98 Å². The van der Waals surface area contributed by atoms with Gasteiger partial charge in [-0.1, -0.05) is 18.2 Å². The van der Waals surface area contributed by atoms with Crippen molar-refractivity contribution in [2.24, 2.45) is 0 Å². The molecule has 0 amide bonds. The van der Waals surface area contributed by atoms with Crippen molar-refractivity contribution in [2.45, 2.75) is 6.92 Å². The summed E-state index contributed by atoms with van der Waals surface area (Å²) in [5, 5.41) is 0. The molecule has 3 rings (SSSR count). The molecule has 0 spiro atoms. The summed E-state index contributed by atoms with van der Waals surface area (Å²) >= 11 is 0. The molecule has 21 heavy (non-hydrogen) atoms. The minimum atomic E-state index is 0.233. The summed E-state index contributed by atoms with van der Waals surface area (Å²) in [7, 11) is 0. The van der Waals surface area contributed by atoms with Gasteiger partial charge in [0.1, 0.15) is 5.69 Å². The summed E-state index contributed by atoms with van der Waals surface area (Å²) in [4.78, 5) is 12.9. The lowest BCUT2D eigenvalue weighted by Crippen LogP contribution is -2.47. The van der Waals surface area contributed by atoms with Gasteiger partial charge in [0.2, 0.25) is 5.95 Å². The highest BCUT2D eigenvalue weighted by Gasteiger charge is 2.21. The van der Waals surface area contributed by atoms with Crippen LogP contribution in [0.1, 0.15) is 5.69 Å². The fourth-order valence-corrected chi connectivity index (χ4v) is 2.83. The van der Waals surface area contributed by atoms with E-state index in [1.54, 1.807) is 0 Å². The van der Waals surface area contributed by atoms with Crippen molar-refractivity contribution >= 4 is 23.1 Å². The lowest BCUT2D eigenvalue weighted by Gasteiger charge is -2.38. The smallest absolute Gasteiger partial charge is 0.222 e. The molecule has 6 heteroatoms. The first-order valence-corrected chi connectivity index (χ1v) is 7.09. The van der Waals surface area contributed by atoms with Gasteiger partial charge in [-0.3, -0.25) is 0 Å². The van der Waals surface area contributed by atoms with Gasteiger partial charge in [0.05, 0.1) is 5.69 Å². The van der Waals surface area contributed by atoms with Crippen LogP contribution in [0.3, 0.4) is 0 Å². The van der Waals surface area contributed by atoms with Gasteiger partial charge >= 0.3 is 0 Å². The molecule has 110 valence electrons. The van der Waals surface area contributed by atoms with Crippen LogP contribution in [0.25, 0.3) is 0 Å². The van der Waals surface area contributed by atoms with Crippen LogP contribution >= 0.6 is 0 Å². The Morgan fingerprint density at radius 1 is 0.905 bits per heavy atom. The van der Waals surface area contributed by atoms with E-state index in [0.717, 1.165) is 37.6 Å². The lowest BCUT2D eigenvalue weighted by atomic mass is 10.2. The molecule has 2 aromatic rings. The average molecular weight is 284 g/mol. The van der Waals surface area contributed by atoms with Crippen molar-refractivity contribution in [1.29, 1.82) is 0 Å². The maximum Gasteiger partial charge on any atom is 0.222 e. The first-order chi connectivity index (χ1) is 10.1. The zero-order valence-electron chi connectivity index (χ0n) is 12.2. The summed E-state index contributed by atoms with van der Waals surface area (Å²) in [5.41, 5.74) is 14.7. The summed E-state index contributed by atoms with van der Waals surface area (Å²) in [6, 6.07) is 10.5. The largest absolute Gasteiger partial charge is 0.382 e. The van der Waals surface area contributed by atoms with Crippen molar-refractivity contribution in [3.63, 3.8) is 0 Å². The second kappa shape index (κ2) is 5.47. The van der Waals surface area contributed by atoms with Gasteiger partial charge in [0.25, 0.3) is 0 Å². The number of nitrogen functional groups attached to an aromatic ring is 2. The number of aromatic nitrogens is 2. The molecule has 0 radical (unpaired) electrons. The highest BCUT2D eigenvalue weighted by atomic mass is 15.3. The molecular weight excluding hydrogens is 264 g/mol. The van der Waals surface area contributed by atoms with Crippen molar-refractivity contribution in [1.82, 2.24) is 9.97 Å². The van der Waals surface area contributed by atoms with E-state index in [1.165, 1.54) is 5.69 Å². The molecular formula is C15H20N6. The van der Waals surface area contributed by atoms with Crippen LogP contribution in [0.15, 0.2) is 30.3 Å². The van der Waals surface area contributed by atoms with E-state index in [2.05, 4.69) is 44.0 Å². The molecule has 6 nitrogen and oxygen atoms in total. The van der Waals surface area contributed by atoms with E-state index in [1.807, 2.05) is 13.0 Å². The third kappa shape index (κ3) is 2.69. The molecule has 4 N–H and O–H groups in total. The maximum absolute atomic E-state index is 6.01. The third-order valence-corrected chi connectivity index (χ3v) is 3.82. The number of rotatable bonds is 2. The Hall–Kier alpha value is -2.50. The normalized spacial score (nSPS) is 15.3. The molecule has 1 aliphatic heterocycles. The van der Waals surface area contributed by atoms with Crippen LogP contribution in [-0.2, 0) is 0 Å². The topological polar surface area (TPSA) is 84.3 Å². The number of nitrogens with zero attached hydrogens (tertiary/aromatic N) is 4. The van der Waals surface area contributed by atoms with E-state index < -0.39 is 0 Å². The molecule has 0 saturated carbocycles. The molecule has 1 aromatic heterocycles. The van der Waals surface area contributed by atoms with Crippen molar-refractivity contribution in [3.8, 4) is 0 Å². The number of hydrogen-bond acceptors (Lipinski definition) is 6. The van der Waals surface area contributed by atoms with E-state index in [9.17, 15) is 0 Å². The Labute approximate surface area is 124 Å². The second-order valence-electron chi connectivity index (χ2n) is 5.21. The highest BCUT2D eigenvalue weighted by Crippen LogP contribution is 2.27. The number of benzene rings is 1. The third-order valence-electron chi connectivity index (χ3n) is 3.82. The molecule has 1 aliphatic rings. The van der Waals surface area contributed by atoms with Crippen LogP contribution in [-0.4, -0.2) is 36.1 Å². The Bertz CT molecular complexity index is 596. The Morgan fingerprint density at radius 3 is 2.14 bits per heavy atom. The predicted molar refractivity (Wildman–Crippen MR) is 86.5 cm³/mol. The number of aryl methyl sites for hydroxylation is 1. The highest BCUT2D eigenvalue weighted by molar-refractivity contribution is 5.68. The van der Waals surface area contributed by atoms with E-state index >= 15 is 0 Å². The Kier molecular flexibility index (Phi) is 3.51. The van der Waals surface area contributed by atoms with Gasteiger partial charge in [0.15, 0.2) is 5.82 Å². The minimum absolute atomic E-state index is 0.233. The van der Waals surface area contributed by atoms with Crippen LogP contribution in [0.5, 0.6) is 0 Å². The van der Waals surface area contributed by atoms with Crippen molar-refractivity contribution in [2.75, 3.05) is 47.4 Å². The van der Waals surface area contributed by atoms with Gasteiger partial charge in [-0.2, -0.15) is 4.98 Å². The number of piperazine rings is 1. The number of anilines is 4. The molecule has 0 aliphatic carbocycles. The van der Waals surface area contributed by atoms with Crippen LogP contribution < -0.4 is 21.3 Å². The van der Waals surface area contributed by atoms with Gasteiger partial charge in [-0.15, -0.1) is 0 Å². The first kappa shape index (κ1) is 13.5. The van der Waals surface area contributed by atoms with Crippen LogP contribution in [0.2, 0.25) is 0 Å². The fraction of sp³-hybridized carbons (Fsp3) is 0.333. The molecule has 2 heterocycles. The van der Waals surface area contributed by atoms with Gasteiger partial charge < -0.3 is 21.3 Å². The van der Waals surface area contributed by atoms with Crippen molar-refractivity contribution < 1.29 is 0 Å². The zero-order valence-corrected chi connectivity index (χ0v) is 12.2. The Balaban J connectivity index is 1.75. The molecule has 0 bridgehead atoms. The predicted octanol–water partition coefficient (Wildman–Crippen LogP) is 1.28. The van der Waals surface area contributed by atoms with E-state index in [-0.39, 0.29) is 5.95 Å². The minimum Gasteiger partial charge on any atom is -0.382 e. The summed E-state index contributed by atoms with van der Waals surface area (Å²) in [6.07, 6.45) is 0. The zero-order chi connectivity index (χ0) is 14.8. The molecule has 1 saturated heterocycles. The maximum atomic E-state index is 6.01. The van der Waals surface area contributed by atoms with E-state index in [4.69, 9.17) is 11.5 Å². The quantitative estimate of drug-likeness (QED) is 0.864. The fourth-order valence-electron chi connectivity index (χ4n) is 2.83. The summed E-state index contributed by atoms with van der Waals surface area (Å²) in [5.74, 6) is 0.699. The summed E-state index contributed by atoms with van der Waals surface area (Å²) in [6.45, 7) is 5.62. The lowest BCUT2D eigenvalue weighted by molar-refractivity contribution is 0.651. The van der Waals surface area contributed by atoms with Crippen LogP contribution in [0.4, 0.5) is 23.1 Å². The Morgan fingerprint density at radius 2 is 1.52 bits per heavy atom. The SMILES string of the molecule is Cc1nc(N)nc(N)c1N1CCN(c2ccccc2)CC1. The molecule has 0 unspecified atom stereocenters. The monoisotopic (exact) mass is 284 g/mol. The summed E-state index contributed by atoms with van der Waals surface area (Å²) < 4.78 is 0. The number of nitrogens with two attached hydrogens (primary N) is 2.